The van der Waals surface area contributed by atoms with Crippen molar-refractivity contribution in [2.24, 2.45) is 0 Å². The smallest absolute Gasteiger partial charge is 0.433 e. The van der Waals surface area contributed by atoms with Crippen molar-refractivity contribution in [3.63, 3.8) is 0 Å². The van der Waals surface area contributed by atoms with Gasteiger partial charge in [0, 0.05) is 23.5 Å². The Morgan fingerprint density at radius 3 is 2.50 bits per heavy atom. The lowest BCUT2D eigenvalue weighted by Gasteiger charge is -2.15. The molecule has 0 radical (unpaired) electrons. The Bertz CT molecular complexity index is 1680. The summed E-state index contributed by atoms with van der Waals surface area (Å²) < 4.78 is 46.2. The number of nitrogens with zero attached hydrogens (tertiary/aromatic N) is 4. The molecule has 5 aromatic rings. The van der Waals surface area contributed by atoms with E-state index in [0.717, 1.165) is 23.1 Å². The lowest BCUT2D eigenvalue weighted by molar-refractivity contribution is -0.141. The third-order valence-corrected chi connectivity index (χ3v) is 6.44. The van der Waals surface area contributed by atoms with Gasteiger partial charge >= 0.3 is 12.1 Å². The van der Waals surface area contributed by atoms with Crippen LogP contribution in [0.25, 0.3) is 28.0 Å². The number of hydrogen-bond acceptors (Lipinski definition) is 6. The number of methoxy groups -OCH3 is 1. The summed E-state index contributed by atoms with van der Waals surface area (Å²) in [6.07, 6.45) is -3.33. The van der Waals surface area contributed by atoms with Crippen LogP contribution in [0.3, 0.4) is 0 Å². The average Bonchev–Trinajstić information content (AvgIpc) is 3.39. The van der Waals surface area contributed by atoms with Crippen LogP contribution in [0.15, 0.2) is 79.0 Å². The lowest BCUT2D eigenvalue weighted by atomic mass is 10.0. The zero-order chi connectivity index (χ0) is 28.4. The topological polar surface area (TPSA) is 102 Å². The minimum atomic E-state index is -4.64. The Morgan fingerprint density at radius 1 is 1.05 bits per heavy atom. The van der Waals surface area contributed by atoms with Crippen LogP contribution in [0.2, 0.25) is 0 Å². The predicted molar refractivity (Wildman–Crippen MR) is 142 cm³/mol. The third kappa shape index (κ3) is 5.50. The number of ether oxygens (including phenoxy) is 1. The van der Waals surface area contributed by atoms with Gasteiger partial charge in [-0.25, -0.2) is 14.5 Å². The Hall–Kier alpha value is -4.77. The van der Waals surface area contributed by atoms with E-state index in [1.54, 1.807) is 19.2 Å². The van der Waals surface area contributed by atoms with Crippen molar-refractivity contribution in [3.05, 3.63) is 102 Å². The first-order chi connectivity index (χ1) is 19.1. The summed E-state index contributed by atoms with van der Waals surface area (Å²) in [5.41, 5.74) is 1.94. The molecule has 204 valence electrons. The maximum absolute atomic E-state index is 13.3. The van der Waals surface area contributed by atoms with Gasteiger partial charge in [0.1, 0.15) is 11.4 Å². The number of rotatable bonds is 8. The molecule has 0 amide bonds. The number of alkyl halides is 3. The summed E-state index contributed by atoms with van der Waals surface area (Å²) in [5, 5.41) is 17.7. The minimum absolute atomic E-state index is 0.0522. The van der Waals surface area contributed by atoms with Gasteiger partial charge in [0.05, 0.1) is 35.8 Å². The van der Waals surface area contributed by atoms with E-state index >= 15 is 0 Å². The average molecular weight is 548 g/mol. The number of carbonyl (C=O) groups is 1. The van der Waals surface area contributed by atoms with Crippen LogP contribution in [0.1, 0.15) is 40.3 Å². The van der Waals surface area contributed by atoms with Crippen LogP contribution in [-0.2, 0) is 12.7 Å². The van der Waals surface area contributed by atoms with Crippen molar-refractivity contribution in [1.29, 1.82) is 0 Å². The summed E-state index contributed by atoms with van der Waals surface area (Å²) in [7, 11) is 1.61. The Balaban J connectivity index is 1.49. The highest BCUT2D eigenvalue weighted by Gasteiger charge is 2.32. The predicted octanol–water partition coefficient (Wildman–Crippen LogP) is 6.06. The fourth-order valence-electron chi connectivity index (χ4n) is 4.31. The normalized spacial score (nSPS) is 12.4. The molecule has 0 aliphatic rings. The number of aromatic nitrogens is 4. The van der Waals surface area contributed by atoms with E-state index < -0.39 is 17.8 Å². The van der Waals surface area contributed by atoms with Gasteiger partial charge in [-0.2, -0.15) is 18.3 Å². The summed E-state index contributed by atoms with van der Waals surface area (Å²) >= 11 is 0. The Labute approximate surface area is 227 Å². The van der Waals surface area contributed by atoms with Gasteiger partial charge in [0.15, 0.2) is 5.82 Å². The molecule has 0 aliphatic carbocycles. The van der Waals surface area contributed by atoms with Crippen molar-refractivity contribution in [1.82, 2.24) is 25.1 Å². The van der Waals surface area contributed by atoms with E-state index in [9.17, 15) is 23.1 Å². The zero-order valence-electron chi connectivity index (χ0n) is 21.5. The highest BCUT2D eigenvalue weighted by molar-refractivity contribution is 6.04. The highest BCUT2D eigenvalue weighted by Crippen LogP contribution is 2.31. The number of carboxylic acid groups (broad SMARTS) is 1. The zero-order valence-corrected chi connectivity index (χ0v) is 21.5. The third-order valence-electron chi connectivity index (χ3n) is 6.44. The van der Waals surface area contributed by atoms with E-state index in [1.165, 1.54) is 29.1 Å². The monoisotopic (exact) mass is 547 g/mol. The summed E-state index contributed by atoms with van der Waals surface area (Å²) in [6.45, 7) is 2.56. The second kappa shape index (κ2) is 10.8. The molecular weight excluding hydrogens is 523 g/mol. The first-order valence-electron chi connectivity index (χ1n) is 12.3. The maximum Gasteiger partial charge on any atom is 0.433 e. The molecular formula is C29H24F3N5O3. The molecule has 8 nitrogen and oxygen atoms in total. The SMILES string of the molecule is COc1ccc(CNC(C)c2cccc(-c3cc(C(=O)O)c4cnn(-c5cccc(C(F)(F)F)n5)c4c3)n2)cc1. The van der Waals surface area contributed by atoms with Crippen LogP contribution in [0.5, 0.6) is 5.75 Å². The molecule has 0 spiro atoms. The fraction of sp³-hybridized carbons (Fsp3) is 0.172. The molecule has 11 heteroatoms. The minimum Gasteiger partial charge on any atom is -0.497 e. The van der Waals surface area contributed by atoms with E-state index in [0.29, 0.717) is 23.3 Å². The maximum atomic E-state index is 13.3. The molecule has 5 rings (SSSR count). The van der Waals surface area contributed by atoms with Crippen molar-refractivity contribution in [2.75, 3.05) is 7.11 Å². The van der Waals surface area contributed by atoms with Crippen LogP contribution < -0.4 is 10.1 Å². The van der Waals surface area contributed by atoms with Crippen molar-refractivity contribution in [3.8, 4) is 22.8 Å². The van der Waals surface area contributed by atoms with Gasteiger partial charge in [-0.3, -0.25) is 4.98 Å². The van der Waals surface area contributed by atoms with E-state index in [4.69, 9.17) is 9.72 Å². The van der Waals surface area contributed by atoms with Gasteiger partial charge < -0.3 is 15.2 Å². The number of carboxylic acids is 1. The number of halogens is 3. The van der Waals surface area contributed by atoms with Crippen LogP contribution in [0.4, 0.5) is 13.2 Å². The van der Waals surface area contributed by atoms with Crippen LogP contribution in [-0.4, -0.2) is 37.9 Å². The van der Waals surface area contributed by atoms with Crippen LogP contribution in [0, 0.1) is 0 Å². The fourth-order valence-corrected chi connectivity index (χ4v) is 4.31. The number of pyridine rings is 2. The largest absolute Gasteiger partial charge is 0.497 e. The van der Waals surface area contributed by atoms with Gasteiger partial charge in [0.25, 0.3) is 0 Å². The van der Waals surface area contributed by atoms with Crippen molar-refractivity contribution < 1.29 is 27.8 Å². The lowest BCUT2D eigenvalue weighted by Crippen LogP contribution is -2.19. The summed E-state index contributed by atoms with van der Waals surface area (Å²) in [6, 6.07) is 19.6. The Kier molecular flexibility index (Phi) is 7.22. The van der Waals surface area contributed by atoms with E-state index in [-0.39, 0.29) is 22.8 Å². The number of nitrogens with one attached hydrogen (secondary N) is 1. The molecule has 2 N–H and O–H groups in total. The summed E-state index contributed by atoms with van der Waals surface area (Å²) in [4.78, 5) is 20.6. The Morgan fingerprint density at radius 2 is 1.80 bits per heavy atom. The first-order valence-corrected chi connectivity index (χ1v) is 12.3. The summed E-state index contributed by atoms with van der Waals surface area (Å²) in [5.74, 6) is -0.514. The van der Waals surface area contributed by atoms with Crippen molar-refractivity contribution >= 4 is 16.9 Å². The van der Waals surface area contributed by atoms with Gasteiger partial charge in [0.2, 0.25) is 0 Å². The molecule has 0 fully saturated rings. The van der Waals surface area contributed by atoms with Gasteiger partial charge in [-0.1, -0.05) is 24.3 Å². The number of aromatic carboxylic acids is 1. The first kappa shape index (κ1) is 26.8. The molecule has 1 atom stereocenters. The van der Waals surface area contributed by atoms with Crippen LogP contribution >= 0.6 is 0 Å². The molecule has 3 heterocycles. The standard InChI is InChI=1S/C29H24F3N5O3/c1-17(33-15-18-9-11-20(40-2)12-10-18)23-5-3-6-24(35-23)19-13-21(28(38)39)22-16-34-37(25(22)14-19)27-8-4-7-26(36-27)29(30,31)32/h3-14,16-17,33H,15H2,1-2H3,(H,38,39). The molecule has 0 aliphatic heterocycles. The quantitative estimate of drug-likeness (QED) is 0.244. The molecule has 0 saturated carbocycles. The highest BCUT2D eigenvalue weighted by atomic mass is 19.4. The van der Waals surface area contributed by atoms with Gasteiger partial charge in [-0.15, -0.1) is 0 Å². The number of benzene rings is 2. The van der Waals surface area contributed by atoms with E-state index in [2.05, 4.69) is 15.4 Å². The number of hydrogen-bond donors (Lipinski definition) is 2. The molecule has 3 aromatic heterocycles. The molecule has 2 aromatic carbocycles. The van der Waals surface area contributed by atoms with E-state index in [1.807, 2.05) is 43.3 Å². The van der Waals surface area contributed by atoms with Crippen molar-refractivity contribution in [2.45, 2.75) is 25.7 Å². The van der Waals surface area contributed by atoms with Gasteiger partial charge in [-0.05, 0) is 61.0 Å². The second-order valence-corrected chi connectivity index (χ2v) is 9.10. The second-order valence-electron chi connectivity index (χ2n) is 9.10. The number of fused-ring (bicyclic) bond motifs is 1. The molecule has 0 saturated heterocycles. The molecule has 0 bridgehead atoms. The molecule has 1 unspecified atom stereocenters. The molecule has 40 heavy (non-hydrogen) atoms.